The molecular weight excluding hydrogens is 390 g/mol. The van der Waals surface area contributed by atoms with E-state index in [1.54, 1.807) is 0 Å². The fourth-order valence-corrected chi connectivity index (χ4v) is 0.953. The van der Waals surface area contributed by atoms with Crippen LogP contribution in [0, 0.1) is 17.8 Å². The minimum Gasteiger partial charge on any atom is -0.396 e. The molecule has 6 heteroatoms. The summed E-state index contributed by atoms with van der Waals surface area (Å²) in [6.45, 7) is 12.7. The predicted molar refractivity (Wildman–Crippen MR) is 97.1 cm³/mol. The van der Waals surface area contributed by atoms with Crippen LogP contribution in [0.1, 0.15) is 41.5 Å². The van der Waals surface area contributed by atoms with E-state index in [1.165, 1.54) is 0 Å². The number of aliphatic hydroxyl groups excluding tert-OH is 3. The summed E-state index contributed by atoms with van der Waals surface area (Å²) >= 11 is 0. The average molecular weight is 427 g/mol. The molecule has 0 saturated heterocycles. The molecule has 1 rings (SSSR count). The quantitative estimate of drug-likeness (QED) is 0.392. The molecule has 0 aliphatic carbocycles. The van der Waals surface area contributed by atoms with Crippen LogP contribution in [-0.4, -0.2) is 45.0 Å². The first kappa shape index (κ1) is 31.1. The third-order valence-corrected chi connectivity index (χ3v) is 2.76. The van der Waals surface area contributed by atoms with Crippen LogP contribution in [0.25, 0.3) is 0 Å². The van der Waals surface area contributed by atoms with Crippen LogP contribution >= 0.6 is 0 Å². The van der Waals surface area contributed by atoms with Gasteiger partial charge in [-0.15, -0.1) is 5.19 Å². The van der Waals surface area contributed by atoms with Gasteiger partial charge in [-0.1, -0.05) is 41.5 Å². The van der Waals surface area contributed by atoms with Crippen molar-refractivity contribution in [2.45, 2.75) is 41.5 Å². The molecule has 23 heavy (non-hydrogen) atoms. The topological polar surface area (TPSA) is 60.7 Å². The molecule has 0 heterocycles. The molecule has 0 aliphatic heterocycles. The van der Waals surface area contributed by atoms with Gasteiger partial charge in [-0.2, -0.15) is 12.1 Å². The first-order valence-corrected chi connectivity index (χ1v) is 9.08. The van der Waals surface area contributed by atoms with Gasteiger partial charge in [0.1, 0.15) is 0 Å². The minimum atomic E-state index is -1.37. The third kappa shape index (κ3) is 39.2. The van der Waals surface area contributed by atoms with Crippen molar-refractivity contribution in [1.29, 1.82) is 0 Å². The van der Waals surface area contributed by atoms with Crippen molar-refractivity contribution in [2.24, 2.45) is 17.8 Å². The zero-order valence-electron chi connectivity index (χ0n) is 15.6. The zero-order valence-corrected chi connectivity index (χ0v) is 19.5. The molecule has 0 bridgehead atoms. The van der Waals surface area contributed by atoms with Gasteiger partial charge in [-0.25, -0.2) is 12.1 Å². The van der Waals surface area contributed by atoms with Gasteiger partial charge in [0.15, 0.2) is 9.85 Å². The molecule has 0 fully saturated rings. The molecule has 138 valence electrons. The standard InChI is InChI=1S/C5H6FSi.3C4H10O.Zr/c6-7-5-3-1-2-4-5;3*1-4(2)3-5;/h1-4H,7H2;3*4-5H,3H2,1-2H3;/q-1;;;;. The van der Waals surface area contributed by atoms with Gasteiger partial charge in [0.2, 0.25) is 0 Å². The molecule has 0 amide bonds. The van der Waals surface area contributed by atoms with E-state index in [9.17, 15) is 4.11 Å². The van der Waals surface area contributed by atoms with Crippen LogP contribution in [0.3, 0.4) is 0 Å². The second-order valence-corrected chi connectivity index (χ2v) is 7.24. The fraction of sp³-hybridized carbons (Fsp3) is 0.706. The summed E-state index contributed by atoms with van der Waals surface area (Å²) in [5.74, 6) is 1.32. The molecule has 1 aromatic rings. The van der Waals surface area contributed by atoms with Gasteiger partial charge in [0, 0.05) is 46.0 Å². The Morgan fingerprint density at radius 3 is 1.09 bits per heavy atom. The van der Waals surface area contributed by atoms with Crippen LogP contribution in [0.2, 0.25) is 0 Å². The molecule has 0 spiro atoms. The number of hydrogen-bond acceptors (Lipinski definition) is 3. The van der Waals surface area contributed by atoms with Gasteiger partial charge in [0.25, 0.3) is 0 Å². The van der Waals surface area contributed by atoms with Crippen molar-refractivity contribution in [1.82, 2.24) is 0 Å². The van der Waals surface area contributed by atoms with Crippen molar-refractivity contribution in [2.75, 3.05) is 19.8 Å². The Morgan fingerprint density at radius 2 is 1.00 bits per heavy atom. The van der Waals surface area contributed by atoms with Crippen molar-refractivity contribution < 1.29 is 45.6 Å². The van der Waals surface area contributed by atoms with Crippen LogP contribution in [-0.2, 0) is 26.2 Å². The van der Waals surface area contributed by atoms with Gasteiger partial charge in [-0.3, -0.25) is 0 Å². The van der Waals surface area contributed by atoms with E-state index >= 15 is 0 Å². The zero-order chi connectivity index (χ0) is 18.0. The van der Waals surface area contributed by atoms with Gasteiger partial charge < -0.3 is 19.4 Å². The Labute approximate surface area is 163 Å². The van der Waals surface area contributed by atoms with E-state index in [4.69, 9.17) is 15.3 Å². The Morgan fingerprint density at radius 1 is 0.783 bits per heavy atom. The van der Waals surface area contributed by atoms with Crippen LogP contribution < -0.4 is 5.19 Å². The maximum atomic E-state index is 11.7. The summed E-state index contributed by atoms with van der Waals surface area (Å²) in [7, 11) is -1.37. The largest absolute Gasteiger partial charge is 0.396 e. The average Bonchev–Trinajstić information content (AvgIpc) is 3.02. The Hall–Kier alpha value is 0.260. The molecule has 3 N–H and O–H groups in total. The summed E-state index contributed by atoms with van der Waals surface area (Å²) in [5, 5.41) is 25.3. The number of halogens is 1. The molecule has 0 atom stereocenters. The van der Waals surface area contributed by atoms with Crippen LogP contribution in [0.15, 0.2) is 24.3 Å². The Balaban J connectivity index is -0.000000105. The normalized spacial score (nSPS) is 9.61. The van der Waals surface area contributed by atoms with E-state index in [-0.39, 0.29) is 26.2 Å². The van der Waals surface area contributed by atoms with E-state index in [0.29, 0.717) is 37.6 Å². The molecule has 0 aliphatic rings. The summed E-state index contributed by atoms with van der Waals surface area (Å²) in [5.41, 5.74) is 0. The molecule has 0 unspecified atom stereocenters. The number of aliphatic hydroxyl groups is 3. The second-order valence-electron chi connectivity index (χ2n) is 6.16. The maximum absolute atomic E-state index is 11.7. The first-order chi connectivity index (χ1) is 10.2. The van der Waals surface area contributed by atoms with E-state index in [1.807, 2.05) is 65.8 Å². The van der Waals surface area contributed by atoms with Crippen molar-refractivity contribution >= 4 is 15.0 Å². The predicted octanol–water partition coefficient (Wildman–Crippen LogP) is 1.99. The van der Waals surface area contributed by atoms with E-state index in [0.717, 1.165) is 5.19 Å². The minimum absolute atomic E-state index is 0. The second kappa shape index (κ2) is 24.5. The molecule has 3 nitrogen and oxygen atoms in total. The van der Waals surface area contributed by atoms with Crippen molar-refractivity contribution in [3.05, 3.63) is 24.3 Å². The fourth-order valence-electron chi connectivity index (χ4n) is 0.503. The number of rotatable bonds is 4. The van der Waals surface area contributed by atoms with Crippen molar-refractivity contribution in [3.8, 4) is 0 Å². The van der Waals surface area contributed by atoms with Gasteiger partial charge in [-0.05, 0) is 17.8 Å². The molecule has 1 aromatic carbocycles. The van der Waals surface area contributed by atoms with Gasteiger partial charge >= 0.3 is 0 Å². The summed E-state index contributed by atoms with van der Waals surface area (Å²) in [4.78, 5) is 0. The van der Waals surface area contributed by atoms with Gasteiger partial charge in [0.05, 0.1) is 0 Å². The first-order valence-electron chi connectivity index (χ1n) is 7.84. The van der Waals surface area contributed by atoms with E-state index < -0.39 is 9.85 Å². The number of hydrogen-bond donors (Lipinski definition) is 3. The van der Waals surface area contributed by atoms with E-state index in [2.05, 4.69) is 0 Å². The molecule has 0 radical (unpaired) electrons. The van der Waals surface area contributed by atoms with Crippen molar-refractivity contribution in [3.63, 3.8) is 0 Å². The third-order valence-electron chi connectivity index (χ3n) is 1.98. The van der Waals surface area contributed by atoms with Crippen LogP contribution in [0.5, 0.6) is 0 Å². The smallest absolute Gasteiger partial charge is 0.189 e. The maximum Gasteiger partial charge on any atom is 0.189 e. The summed E-state index contributed by atoms with van der Waals surface area (Å²) in [6, 6.07) is 7.38. The SMILES string of the molecule is CC(C)CO.CC(C)CO.CC(C)CO.F[SiH2][c-]1cccc1.[Zr]. The molecule has 0 aromatic heterocycles. The van der Waals surface area contributed by atoms with Crippen LogP contribution in [0.4, 0.5) is 4.11 Å². The molecular formula is C17H36FO3SiZr-. The molecule has 0 saturated carbocycles. The Bertz CT molecular complexity index is 262. The summed E-state index contributed by atoms with van der Waals surface area (Å²) in [6.07, 6.45) is 0. The summed E-state index contributed by atoms with van der Waals surface area (Å²) < 4.78 is 11.7. The monoisotopic (exact) mass is 425 g/mol. The Kier molecular flexibility index (Phi) is 33.1.